The normalized spacial score (nSPS) is 10.2. The van der Waals surface area contributed by atoms with Crippen molar-refractivity contribution < 1.29 is 4.79 Å². The second kappa shape index (κ2) is 11.0. The van der Waals surface area contributed by atoms with Gasteiger partial charge in [0.15, 0.2) is 0 Å². The molecule has 2 N–H and O–H groups in total. The van der Waals surface area contributed by atoms with Crippen LogP contribution in [-0.4, -0.2) is 5.91 Å². The van der Waals surface area contributed by atoms with E-state index in [1.165, 1.54) is 0 Å². The van der Waals surface area contributed by atoms with Crippen LogP contribution >= 0.6 is 0 Å². The van der Waals surface area contributed by atoms with Gasteiger partial charge in [-0.2, -0.15) is 0 Å². The Balaban J connectivity index is 0. The third kappa shape index (κ3) is 11.0. The molecule has 0 aromatic rings. The highest BCUT2D eigenvalue weighted by molar-refractivity contribution is 5.76. The molecule has 0 spiro atoms. The number of hydrogen-bond donors (Lipinski definition) is 1. The summed E-state index contributed by atoms with van der Waals surface area (Å²) in [6, 6.07) is 0. The quantitative estimate of drug-likeness (QED) is 0.668. The van der Waals surface area contributed by atoms with Crippen molar-refractivity contribution in [1.82, 2.24) is 0 Å². The SMILES string of the molecule is CC#CC.CCCC(CC)C(N)=O. The van der Waals surface area contributed by atoms with Crippen molar-refractivity contribution in [1.29, 1.82) is 0 Å². The number of carbonyl (C=O) groups is 1. The maximum atomic E-state index is 10.5. The third-order valence-electron chi connectivity index (χ3n) is 1.78. The van der Waals surface area contributed by atoms with E-state index in [0.29, 0.717) is 0 Å². The van der Waals surface area contributed by atoms with Gasteiger partial charge in [0.25, 0.3) is 0 Å². The lowest BCUT2D eigenvalue weighted by Crippen LogP contribution is -2.22. The molecule has 0 fully saturated rings. The molecule has 0 aliphatic rings. The van der Waals surface area contributed by atoms with Crippen molar-refractivity contribution >= 4 is 5.91 Å². The highest BCUT2D eigenvalue weighted by Crippen LogP contribution is 2.08. The summed E-state index contributed by atoms with van der Waals surface area (Å²) >= 11 is 0. The lowest BCUT2D eigenvalue weighted by molar-refractivity contribution is -0.122. The summed E-state index contributed by atoms with van der Waals surface area (Å²) in [5.74, 6) is 5.31. The summed E-state index contributed by atoms with van der Waals surface area (Å²) in [5, 5.41) is 0. The standard InChI is InChI=1S/C7H15NO.C4H6/c1-3-5-6(4-2)7(8)9;1-3-4-2/h6H,3-5H2,1-2H3,(H2,8,9);1-2H3. The van der Waals surface area contributed by atoms with Gasteiger partial charge in [-0.1, -0.05) is 20.3 Å². The minimum atomic E-state index is -0.153. The predicted molar refractivity (Wildman–Crippen MR) is 57.0 cm³/mol. The van der Waals surface area contributed by atoms with Gasteiger partial charge >= 0.3 is 0 Å². The van der Waals surface area contributed by atoms with E-state index in [2.05, 4.69) is 18.8 Å². The molecular weight excluding hydrogens is 162 g/mol. The van der Waals surface area contributed by atoms with Gasteiger partial charge in [-0.25, -0.2) is 0 Å². The molecule has 13 heavy (non-hydrogen) atoms. The number of amides is 1. The van der Waals surface area contributed by atoms with Crippen LogP contribution in [0.1, 0.15) is 47.0 Å². The first-order valence-electron chi connectivity index (χ1n) is 4.76. The number of rotatable bonds is 4. The highest BCUT2D eigenvalue weighted by Gasteiger charge is 2.09. The fraction of sp³-hybridized carbons (Fsp3) is 0.727. The topological polar surface area (TPSA) is 43.1 Å². The Morgan fingerprint density at radius 2 is 1.77 bits per heavy atom. The van der Waals surface area contributed by atoms with Gasteiger partial charge < -0.3 is 5.73 Å². The monoisotopic (exact) mass is 183 g/mol. The van der Waals surface area contributed by atoms with Gasteiger partial charge in [0, 0.05) is 5.92 Å². The molecule has 2 nitrogen and oxygen atoms in total. The van der Waals surface area contributed by atoms with Crippen LogP contribution in [-0.2, 0) is 4.79 Å². The molecule has 0 saturated carbocycles. The van der Waals surface area contributed by atoms with Crippen LogP contribution in [0.4, 0.5) is 0 Å². The summed E-state index contributed by atoms with van der Waals surface area (Å²) in [5.41, 5.74) is 5.09. The fourth-order valence-electron chi connectivity index (χ4n) is 0.896. The molecular formula is C11H21NO. The van der Waals surface area contributed by atoms with Gasteiger partial charge in [0.1, 0.15) is 0 Å². The molecule has 76 valence electrons. The lowest BCUT2D eigenvalue weighted by atomic mass is 10.0. The molecule has 0 heterocycles. The van der Waals surface area contributed by atoms with Gasteiger partial charge in [-0.15, -0.1) is 11.8 Å². The van der Waals surface area contributed by atoms with E-state index in [1.54, 1.807) is 0 Å². The van der Waals surface area contributed by atoms with Gasteiger partial charge in [-0.3, -0.25) is 4.79 Å². The number of hydrogen-bond acceptors (Lipinski definition) is 1. The van der Waals surface area contributed by atoms with Crippen LogP contribution in [0.15, 0.2) is 0 Å². The summed E-state index contributed by atoms with van der Waals surface area (Å²) in [6.45, 7) is 7.69. The number of nitrogens with two attached hydrogens (primary N) is 1. The van der Waals surface area contributed by atoms with Crippen molar-refractivity contribution in [3.8, 4) is 11.8 Å². The maximum Gasteiger partial charge on any atom is 0.220 e. The first-order chi connectivity index (χ1) is 6.13. The Morgan fingerprint density at radius 1 is 1.31 bits per heavy atom. The molecule has 1 amide bonds. The predicted octanol–water partition coefficient (Wildman–Crippen LogP) is 2.33. The van der Waals surface area contributed by atoms with Crippen LogP contribution in [0.3, 0.4) is 0 Å². The first-order valence-corrected chi connectivity index (χ1v) is 4.76. The van der Waals surface area contributed by atoms with Crippen molar-refractivity contribution in [3.05, 3.63) is 0 Å². The largest absolute Gasteiger partial charge is 0.369 e. The molecule has 0 rings (SSSR count). The Kier molecular flexibility index (Phi) is 12.3. The van der Waals surface area contributed by atoms with E-state index in [-0.39, 0.29) is 11.8 Å². The molecule has 0 aromatic carbocycles. The molecule has 0 aliphatic heterocycles. The van der Waals surface area contributed by atoms with Crippen molar-refractivity contribution in [2.45, 2.75) is 47.0 Å². The van der Waals surface area contributed by atoms with Gasteiger partial charge in [-0.05, 0) is 26.7 Å². The van der Waals surface area contributed by atoms with E-state index >= 15 is 0 Å². The Hall–Kier alpha value is -0.970. The molecule has 1 unspecified atom stereocenters. The zero-order valence-electron chi connectivity index (χ0n) is 9.18. The smallest absolute Gasteiger partial charge is 0.220 e. The van der Waals surface area contributed by atoms with E-state index in [4.69, 9.17) is 5.73 Å². The molecule has 0 radical (unpaired) electrons. The van der Waals surface area contributed by atoms with Crippen molar-refractivity contribution in [2.75, 3.05) is 0 Å². The zero-order valence-corrected chi connectivity index (χ0v) is 9.18. The third-order valence-corrected chi connectivity index (χ3v) is 1.78. The molecule has 1 atom stereocenters. The fourth-order valence-corrected chi connectivity index (χ4v) is 0.896. The zero-order chi connectivity index (χ0) is 10.7. The van der Waals surface area contributed by atoms with E-state index in [9.17, 15) is 4.79 Å². The average Bonchev–Trinajstić information content (AvgIpc) is 2.14. The maximum absolute atomic E-state index is 10.5. The van der Waals surface area contributed by atoms with Gasteiger partial charge in [0.05, 0.1) is 0 Å². The van der Waals surface area contributed by atoms with Crippen molar-refractivity contribution in [3.63, 3.8) is 0 Å². The molecule has 0 saturated heterocycles. The molecule has 0 bridgehead atoms. The Labute approximate surface area is 81.9 Å². The summed E-state index contributed by atoms with van der Waals surface area (Å²) in [7, 11) is 0. The second-order valence-corrected chi connectivity index (χ2v) is 2.80. The number of carbonyl (C=O) groups excluding carboxylic acids is 1. The Morgan fingerprint density at radius 3 is 1.85 bits per heavy atom. The molecule has 0 aromatic heterocycles. The highest BCUT2D eigenvalue weighted by atomic mass is 16.1. The first kappa shape index (κ1) is 14.5. The van der Waals surface area contributed by atoms with Crippen LogP contribution in [0, 0.1) is 17.8 Å². The second-order valence-electron chi connectivity index (χ2n) is 2.80. The molecule has 2 heteroatoms. The lowest BCUT2D eigenvalue weighted by Gasteiger charge is -2.06. The van der Waals surface area contributed by atoms with Crippen LogP contribution < -0.4 is 5.73 Å². The summed E-state index contributed by atoms with van der Waals surface area (Å²) in [6.07, 6.45) is 2.86. The molecule has 0 aliphatic carbocycles. The van der Waals surface area contributed by atoms with Crippen molar-refractivity contribution in [2.24, 2.45) is 11.7 Å². The number of primary amides is 1. The van der Waals surface area contributed by atoms with Gasteiger partial charge in [0.2, 0.25) is 5.91 Å². The van der Waals surface area contributed by atoms with Crippen LogP contribution in [0.5, 0.6) is 0 Å². The van der Waals surface area contributed by atoms with Crippen LogP contribution in [0.2, 0.25) is 0 Å². The van der Waals surface area contributed by atoms with E-state index in [0.717, 1.165) is 19.3 Å². The summed E-state index contributed by atoms with van der Waals surface area (Å²) in [4.78, 5) is 10.5. The van der Waals surface area contributed by atoms with E-state index < -0.39 is 0 Å². The van der Waals surface area contributed by atoms with E-state index in [1.807, 2.05) is 20.8 Å². The summed E-state index contributed by atoms with van der Waals surface area (Å²) < 4.78 is 0. The average molecular weight is 183 g/mol. The Bertz CT molecular complexity index is 170. The van der Waals surface area contributed by atoms with Crippen LogP contribution in [0.25, 0.3) is 0 Å². The minimum absolute atomic E-state index is 0.106. The minimum Gasteiger partial charge on any atom is -0.369 e.